The van der Waals surface area contributed by atoms with Crippen molar-refractivity contribution in [2.45, 2.75) is 64.8 Å². The number of nitrogens with zero attached hydrogens (tertiary/aromatic N) is 3. The Bertz CT molecular complexity index is 575. The SMILES string of the molecule is CC(C)(C)OC(=O)N1CCNC[C@H]1CO.CN1CCN(C(=O)OC(C)(C)C)[C@H](CO)C1. The van der Waals surface area contributed by atoms with Crippen LogP contribution in [0.25, 0.3) is 0 Å². The van der Waals surface area contributed by atoms with Crippen molar-refractivity contribution in [1.29, 1.82) is 0 Å². The zero-order chi connectivity index (χ0) is 23.8. The third kappa shape index (κ3) is 10.0. The summed E-state index contributed by atoms with van der Waals surface area (Å²) in [7, 11) is 1.98. The minimum absolute atomic E-state index is 0.0242. The van der Waals surface area contributed by atoms with Crippen LogP contribution in [0, 0.1) is 0 Å². The molecule has 0 aromatic carbocycles. The van der Waals surface area contributed by atoms with Crippen LogP contribution in [0.15, 0.2) is 0 Å². The Hall–Kier alpha value is -1.62. The number of rotatable bonds is 2. The molecule has 2 aliphatic rings. The highest BCUT2D eigenvalue weighted by Crippen LogP contribution is 2.15. The standard InChI is InChI=1S/C11H22N2O3.C10H20N2O3/c1-11(2,3)16-10(15)13-6-5-12(4)7-9(13)8-14;1-10(2,3)15-9(14)12-5-4-11-6-8(12)7-13/h9,14H,5-8H2,1-4H3;8,11,13H,4-7H2,1-3H3/t9-;8-/m00/s1. The van der Waals surface area contributed by atoms with Gasteiger partial charge >= 0.3 is 12.2 Å². The smallest absolute Gasteiger partial charge is 0.410 e. The van der Waals surface area contributed by atoms with Crippen molar-refractivity contribution in [3.63, 3.8) is 0 Å². The Kier molecular flexibility index (Phi) is 10.5. The van der Waals surface area contributed by atoms with E-state index in [0.717, 1.165) is 13.1 Å². The van der Waals surface area contributed by atoms with Crippen LogP contribution in [0.4, 0.5) is 9.59 Å². The highest BCUT2D eigenvalue weighted by molar-refractivity contribution is 5.69. The van der Waals surface area contributed by atoms with Gasteiger partial charge in [0.25, 0.3) is 0 Å². The van der Waals surface area contributed by atoms with Gasteiger partial charge in [0.05, 0.1) is 25.3 Å². The van der Waals surface area contributed by atoms with E-state index in [9.17, 15) is 14.7 Å². The van der Waals surface area contributed by atoms with Gasteiger partial charge in [-0.3, -0.25) is 0 Å². The molecule has 2 rings (SSSR count). The largest absolute Gasteiger partial charge is 0.444 e. The Morgan fingerprint density at radius 1 is 0.871 bits per heavy atom. The number of carbonyl (C=O) groups is 2. The molecule has 31 heavy (non-hydrogen) atoms. The van der Waals surface area contributed by atoms with Gasteiger partial charge in [-0.05, 0) is 48.6 Å². The van der Waals surface area contributed by atoms with Gasteiger partial charge in [-0.2, -0.15) is 0 Å². The molecule has 0 spiro atoms. The van der Waals surface area contributed by atoms with Gasteiger partial charge in [0.15, 0.2) is 0 Å². The first-order valence-electron chi connectivity index (χ1n) is 10.9. The average molecular weight is 447 g/mol. The summed E-state index contributed by atoms with van der Waals surface area (Å²) in [5, 5.41) is 21.5. The summed E-state index contributed by atoms with van der Waals surface area (Å²) < 4.78 is 10.6. The predicted molar refractivity (Wildman–Crippen MR) is 118 cm³/mol. The molecule has 0 bridgehead atoms. The number of carbonyl (C=O) groups excluding carboxylic acids is 2. The van der Waals surface area contributed by atoms with Gasteiger partial charge in [-0.15, -0.1) is 0 Å². The number of aliphatic hydroxyl groups is 2. The molecule has 2 fully saturated rings. The number of hydrogen-bond acceptors (Lipinski definition) is 8. The summed E-state index contributed by atoms with van der Waals surface area (Å²) in [6.07, 6.45) is -0.678. The monoisotopic (exact) mass is 446 g/mol. The average Bonchev–Trinajstić information content (AvgIpc) is 2.65. The maximum atomic E-state index is 11.9. The molecule has 0 saturated carbocycles. The number of likely N-dealkylation sites (N-methyl/N-ethyl adjacent to an activating group) is 1. The zero-order valence-corrected chi connectivity index (χ0v) is 20.2. The Labute approximate surface area is 186 Å². The molecule has 10 heteroatoms. The van der Waals surface area contributed by atoms with E-state index in [1.54, 1.807) is 9.80 Å². The van der Waals surface area contributed by atoms with Crippen LogP contribution in [-0.2, 0) is 9.47 Å². The summed E-state index contributed by atoms with van der Waals surface area (Å²) in [6, 6.07) is -0.331. The summed E-state index contributed by atoms with van der Waals surface area (Å²) in [4.78, 5) is 28.9. The van der Waals surface area contributed by atoms with E-state index in [1.165, 1.54) is 0 Å². The van der Waals surface area contributed by atoms with Crippen molar-refractivity contribution >= 4 is 12.2 Å². The van der Waals surface area contributed by atoms with Crippen molar-refractivity contribution in [3.05, 3.63) is 0 Å². The van der Waals surface area contributed by atoms with Crippen molar-refractivity contribution in [3.8, 4) is 0 Å². The fraction of sp³-hybridized carbons (Fsp3) is 0.905. The number of hydrogen-bond donors (Lipinski definition) is 3. The van der Waals surface area contributed by atoms with Gasteiger partial charge < -0.3 is 39.7 Å². The predicted octanol–water partition coefficient (Wildman–Crippen LogP) is 0.717. The molecule has 0 aliphatic carbocycles. The molecule has 0 unspecified atom stereocenters. The maximum Gasteiger partial charge on any atom is 0.410 e. The Morgan fingerprint density at radius 2 is 1.35 bits per heavy atom. The molecule has 2 aliphatic heterocycles. The minimum atomic E-state index is -0.486. The lowest BCUT2D eigenvalue weighted by Gasteiger charge is -2.39. The van der Waals surface area contributed by atoms with Crippen molar-refractivity contribution < 1.29 is 29.3 Å². The van der Waals surface area contributed by atoms with Crippen LogP contribution in [-0.4, -0.2) is 120 Å². The summed E-state index contributed by atoms with van der Waals surface area (Å²) in [5.74, 6) is 0. The van der Waals surface area contributed by atoms with Gasteiger partial charge in [-0.25, -0.2) is 9.59 Å². The molecular weight excluding hydrogens is 404 g/mol. The van der Waals surface area contributed by atoms with Gasteiger partial charge in [0.2, 0.25) is 0 Å². The molecule has 0 aromatic rings. The van der Waals surface area contributed by atoms with Gasteiger partial charge in [0, 0.05) is 39.3 Å². The quantitative estimate of drug-likeness (QED) is 0.568. The Morgan fingerprint density at radius 3 is 1.81 bits per heavy atom. The van der Waals surface area contributed by atoms with E-state index in [2.05, 4.69) is 10.2 Å². The van der Waals surface area contributed by atoms with E-state index in [-0.39, 0.29) is 37.5 Å². The lowest BCUT2D eigenvalue weighted by atomic mass is 10.2. The normalized spacial score (nSPS) is 23.0. The highest BCUT2D eigenvalue weighted by atomic mass is 16.6. The van der Waals surface area contributed by atoms with E-state index in [1.807, 2.05) is 48.6 Å². The van der Waals surface area contributed by atoms with Crippen LogP contribution in [0.2, 0.25) is 0 Å². The fourth-order valence-corrected chi connectivity index (χ4v) is 3.21. The first-order valence-corrected chi connectivity index (χ1v) is 10.9. The van der Waals surface area contributed by atoms with Crippen LogP contribution < -0.4 is 5.32 Å². The van der Waals surface area contributed by atoms with E-state index in [0.29, 0.717) is 26.2 Å². The molecule has 2 saturated heterocycles. The van der Waals surface area contributed by atoms with Crippen LogP contribution in [0.3, 0.4) is 0 Å². The summed E-state index contributed by atoms with van der Waals surface area (Å²) >= 11 is 0. The second-order valence-corrected chi connectivity index (χ2v) is 9.99. The van der Waals surface area contributed by atoms with Crippen molar-refractivity contribution in [2.24, 2.45) is 0 Å². The zero-order valence-electron chi connectivity index (χ0n) is 20.2. The fourth-order valence-electron chi connectivity index (χ4n) is 3.21. The van der Waals surface area contributed by atoms with Gasteiger partial charge in [-0.1, -0.05) is 0 Å². The second-order valence-electron chi connectivity index (χ2n) is 9.99. The third-order valence-corrected chi connectivity index (χ3v) is 4.71. The number of amides is 2. The minimum Gasteiger partial charge on any atom is -0.444 e. The van der Waals surface area contributed by atoms with Crippen LogP contribution in [0.1, 0.15) is 41.5 Å². The number of ether oxygens (including phenoxy) is 2. The number of nitrogens with one attached hydrogen (secondary N) is 1. The summed E-state index contributed by atoms with van der Waals surface area (Å²) in [5.41, 5.74) is -0.970. The number of aliphatic hydroxyl groups excluding tert-OH is 2. The highest BCUT2D eigenvalue weighted by Gasteiger charge is 2.32. The first kappa shape index (κ1) is 27.4. The maximum absolute atomic E-state index is 11.9. The topological polar surface area (TPSA) is 115 Å². The first-order chi connectivity index (χ1) is 14.3. The van der Waals surface area contributed by atoms with Crippen LogP contribution in [0.5, 0.6) is 0 Å². The Balaban J connectivity index is 0.000000311. The van der Waals surface area contributed by atoms with E-state index in [4.69, 9.17) is 14.6 Å². The van der Waals surface area contributed by atoms with E-state index >= 15 is 0 Å². The van der Waals surface area contributed by atoms with Crippen LogP contribution >= 0.6 is 0 Å². The molecular formula is C21H42N4O6. The summed E-state index contributed by atoms with van der Waals surface area (Å²) in [6.45, 7) is 15.0. The third-order valence-electron chi connectivity index (χ3n) is 4.71. The van der Waals surface area contributed by atoms with Crippen molar-refractivity contribution in [1.82, 2.24) is 20.0 Å². The van der Waals surface area contributed by atoms with Crippen molar-refractivity contribution in [2.75, 3.05) is 59.5 Å². The molecule has 0 aromatic heterocycles. The molecule has 2 amide bonds. The second kappa shape index (κ2) is 11.8. The molecule has 3 N–H and O–H groups in total. The molecule has 2 heterocycles. The molecule has 0 radical (unpaired) electrons. The lowest BCUT2D eigenvalue weighted by Crippen LogP contribution is -2.56. The van der Waals surface area contributed by atoms with E-state index < -0.39 is 11.2 Å². The lowest BCUT2D eigenvalue weighted by molar-refractivity contribution is -0.00813. The molecule has 182 valence electrons. The number of piperazine rings is 2. The molecule has 10 nitrogen and oxygen atoms in total. The molecule has 2 atom stereocenters. The van der Waals surface area contributed by atoms with Gasteiger partial charge in [0.1, 0.15) is 11.2 Å².